The molecule has 0 unspecified atom stereocenters. The number of rotatable bonds is 8. The van der Waals surface area contributed by atoms with Gasteiger partial charge < -0.3 is 10.6 Å². The van der Waals surface area contributed by atoms with E-state index < -0.39 is 0 Å². The zero-order valence-electron chi connectivity index (χ0n) is 18.1. The molecular weight excluding hydrogens is 408 g/mol. The number of nitrogens with zero attached hydrogens (tertiary/aromatic N) is 2. The third kappa shape index (κ3) is 6.52. The monoisotopic (exact) mass is 440 g/mol. The first-order valence-electron chi connectivity index (χ1n) is 11.6. The number of pyridine rings is 1. The van der Waals surface area contributed by atoms with Crippen LogP contribution in [-0.4, -0.2) is 41.0 Å². The fourth-order valence-corrected chi connectivity index (χ4v) is 4.98. The number of likely N-dealkylation sites (tertiary alicyclic amines) is 1. The Morgan fingerprint density at radius 3 is 2.65 bits per heavy atom. The van der Waals surface area contributed by atoms with Crippen LogP contribution in [0.25, 0.3) is 0 Å². The van der Waals surface area contributed by atoms with E-state index in [1.54, 1.807) is 12.4 Å². The van der Waals surface area contributed by atoms with E-state index in [4.69, 9.17) is 11.6 Å². The predicted octanol–water partition coefficient (Wildman–Crippen LogP) is 4.16. The molecule has 0 bridgehead atoms. The Balaban J connectivity index is 1.37. The highest BCUT2D eigenvalue weighted by molar-refractivity contribution is 6.30. The molecule has 2 aliphatic rings. The number of benzene rings is 1. The minimum atomic E-state index is -0.129. The normalized spacial score (nSPS) is 22.5. The lowest BCUT2D eigenvalue weighted by molar-refractivity contribution is -0.125. The lowest BCUT2D eigenvalue weighted by Crippen LogP contribution is -2.42. The summed E-state index contributed by atoms with van der Waals surface area (Å²) >= 11 is 6.05. The zero-order chi connectivity index (χ0) is 21.5. The van der Waals surface area contributed by atoms with Crippen LogP contribution in [0.4, 0.5) is 0 Å². The van der Waals surface area contributed by atoms with Crippen LogP contribution in [0.15, 0.2) is 48.8 Å². The van der Waals surface area contributed by atoms with Gasteiger partial charge in [0.15, 0.2) is 0 Å². The van der Waals surface area contributed by atoms with E-state index >= 15 is 0 Å². The van der Waals surface area contributed by atoms with E-state index in [1.165, 1.54) is 37.7 Å². The van der Waals surface area contributed by atoms with Crippen LogP contribution in [0.1, 0.15) is 49.7 Å². The zero-order valence-corrected chi connectivity index (χ0v) is 18.9. The molecule has 1 aromatic heterocycles. The number of hydrogen-bond donors (Lipinski definition) is 2. The highest BCUT2D eigenvalue weighted by Crippen LogP contribution is 2.25. The highest BCUT2D eigenvalue weighted by Gasteiger charge is 2.36. The van der Waals surface area contributed by atoms with Crippen molar-refractivity contribution in [1.82, 2.24) is 20.5 Å². The molecule has 0 spiro atoms. The van der Waals surface area contributed by atoms with Crippen molar-refractivity contribution in [2.24, 2.45) is 5.92 Å². The molecule has 1 saturated carbocycles. The molecule has 2 atom stereocenters. The van der Waals surface area contributed by atoms with Gasteiger partial charge in [0, 0.05) is 43.1 Å². The lowest BCUT2D eigenvalue weighted by Gasteiger charge is -2.24. The fourth-order valence-electron chi connectivity index (χ4n) is 4.86. The molecule has 0 radical (unpaired) electrons. The Hall–Kier alpha value is -1.95. The number of nitrogens with one attached hydrogen (secondary N) is 2. The SMILES string of the molecule is O=C(NCc1cccnc1)[C@@H]1C[C@H](NCC2CCCCC2)CN1Cc1ccc(Cl)cc1. The van der Waals surface area contributed by atoms with Gasteiger partial charge in [-0.25, -0.2) is 0 Å². The minimum absolute atomic E-state index is 0.0970. The maximum absolute atomic E-state index is 13.1. The van der Waals surface area contributed by atoms with Gasteiger partial charge in [0.1, 0.15) is 0 Å². The number of carbonyl (C=O) groups excluding carboxylic acids is 1. The fraction of sp³-hybridized carbons (Fsp3) is 0.520. The van der Waals surface area contributed by atoms with Crippen molar-refractivity contribution in [2.45, 2.75) is 63.7 Å². The maximum atomic E-state index is 13.1. The topological polar surface area (TPSA) is 57.3 Å². The van der Waals surface area contributed by atoms with Gasteiger partial charge in [-0.1, -0.05) is 49.1 Å². The van der Waals surface area contributed by atoms with Crippen molar-refractivity contribution in [3.63, 3.8) is 0 Å². The molecule has 2 fully saturated rings. The summed E-state index contributed by atoms with van der Waals surface area (Å²) in [5.41, 5.74) is 2.20. The second-order valence-corrected chi connectivity index (χ2v) is 9.43. The largest absolute Gasteiger partial charge is 0.351 e. The van der Waals surface area contributed by atoms with Gasteiger partial charge in [0.2, 0.25) is 5.91 Å². The molecule has 31 heavy (non-hydrogen) atoms. The Labute approximate surface area is 190 Å². The van der Waals surface area contributed by atoms with Crippen molar-refractivity contribution in [3.05, 3.63) is 64.9 Å². The molecule has 2 aromatic rings. The van der Waals surface area contributed by atoms with E-state index in [1.807, 2.05) is 24.3 Å². The lowest BCUT2D eigenvalue weighted by atomic mass is 9.89. The smallest absolute Gasteiger partial charge is 0.237 e. The Morgan fingerprint density at radius 1 is 1.10 bits per heavy atom. The quantitative estimate of drug-likeness (QED) is 0.647. The predicted molar refractivity (Wildman–Crippen MR) is 125 cm³/mol. The maximum Gasteiger partial charge on any atom is 0.237 e. The van der Waals surface area contributed by atoms with Gasteiger partial charge in [-0.15, -0.1) is 0 Å². The average molecular weight is 441 g/mol. The molecule has 166 valence electrons. The van der Waals surface area contributed by atoms with E-state index in [0.29, 0.717) is 12.6 Å². The molecule has 2 heterocycles. The summed E-state index contributed by atoms with van der Waals surface area (Å²) in [6.45, 7) is 3.23. The van der Waals surface area contributed by atoms with Crippen LogP contribution in [0.2, 0.25) is 5.02 Å². The number of hydrogen-bond acceptors (Lipinski definition) is 4. The molecule has 1 saturated heterocycles. The van der Waals surface area contributed by atoms with E-state index in [9.17, 15) is 4.79 Å². The Morgan fingerprint density at radius 2 is 1.90 bits per heavy atom. The van der Waals surface area contributed by atoms with Gasteiger partial charge in [-0.3, -0.25) is 14.7 Å². The summed E-state index contributed by atoms with van der Waals surface area (Å²) in [6.07, 6.45) is 11.2. The van der Waals surface area contributed by atoms with Gasteiger partial charge in [0.25, 0.3) is 0 Å². The number of carbonyl (C=O) groups is 1. The molecule has 5 nitrogen and oxygen atoms in total. The first-order chi connectivity index (χ1) is 15.2. The van der Waals surface area contributed by atoms with Gasteiger partial charge in [0.05, 0.1) is 6.04 Å². The first-order valence-corrected chi connectivity index (χ1v) is 11.9. The Kier molecular flexibility index (Phi) is 7.95. The summed E-state index contributed by atoms with van der Waals surface area (Å²) < 4.78 is 0. The van der Waals surface area contributed by atoms with Crippen molar-refractivity contribution < 1.29 is 4.79 Å². The van der Waals surface area contributed by atoms with Crippen LogP contribution in [0, 0.1) is 5.92 Å². The molecule has 1 aliphatic carbocycles. The third-order valence-corrected chi connectivity index (χ3v) is 6.87. The van der Waals surface area contributed by atoms with Crippen LogP contribution in [0.3, 0.4) is 0 Å². The third-order valence-electron chi connectivity index (χ3n) is 6.61. The van der Waals surface area contributed by atoms with Crippen LogP contribution >= 0.6 is 11.6 Å². The van der Waals surface area contributed by atoms with E-state index in [-0.39, 0.29) is 11.9 Å². The summed E-state index contributed by atoms with van der Waals surface area (Å²) in [6, 6.07) is 12.1. The molecule has 2 N–H and O–H groups in total. The van der Waals surface area contributed by atoms with Crippen LogP contribution in [-0.2, 0) is 17.9 Å². The number of halogens is 1. The summed E-state index contributed by atoms with van der Waals surface area (Å²) in [7, 11) is 0. The molecular formula is C25H33ClN4O. The number of amides is 1. The number of aromatic nitrogens is 1. The molecule has 6 heteroatoms. The van der Waals surface area contributed by atoms with Gasteiger partial charge in [-0.05, 0) is 61.1 Å². The highest BCUT2D eigenvalue weighted by atomic mass is 35.5. The van der Waals surface area contributed by atoms with E-state index in [2.05, 4.69) is 32.7 Å². The van der Waals surface area contributed by atoms with Crippen LogP contribution < -0.4 is 10.6 Å². The van der Waals surface area contributed by atoms with Gasteiger partial charge in [-0.2, -0.15) is 0 Å². The molecule has 1 aromatic carbocycles. The summed E-state index contributed by atoms with van der Waals surface area (Å²) in [5.74, 6) is 0.886. The summed E-state index contributed by atoms with van der Waals surface area (Å²) in [4.78, 5) is 19.5. The van der Waals surface area contributed by atoms with Crippen molar-refractivity contribution in [3.8, 4) is 0 Å². The van der Waals surface area contributed by atoms with E-state index in [0.717, 1.165) is 42.6 Å². The molecule has 1 aliphatic heterocycles. The van der Waals surface area contributed by atoms with Crippen molar-refractivity contribution in [2.75, 3.05) is 13.1 Å². The van der Waals surface area contributed by atoms with Gasteiger partial charge >= 0.3 is 0 Å². The first kappa shape index (κ1) is 22.3. The average Bonchev–Trinajstić information content (AvgIpc) is 3.22. The molecule has 1 amide bonds. The van der Waals surface area contributed by atoms with Crippen molar-refractivity contribution >= 4 is 17.5 Å². The second kappa shape index (κ2) is 11.1. The minimum Gasteiger partial charge on any atom is -0.351 e. The van der Waals surface area contributed by atoms with Crippen molar-refractivity contribution in [1.29, 1.82) is 0 Å². The van der Waals surface area contributed by atoms with Crippen LogP contribution in [0.5, 0.6) is 0 Å². The second-order valence-electron chi connectivity index (χ2n) is 9.00. The molecule has 4 rings (SSSR count). The Bertz CT molecular complexity index is 823. The summed E-state index contributed by atoms with van der Waals surface area (Å²) in [5, 5.41) is 7.64. The standard InChI is InChI=1S/C25H33ClN4O/c26-22-10-8-20(9-11-22)17-30-18-23(28-15-19-5-2-1-3-6-19)13-24(30)25(31)29-16-21-7-4-12-27-14-21/h4,7-12,14,19,23-24,28H,1-3,5-6,13,15-18H2,(H,29,31)/t23-,24-/m0/s1.